The van der Waals surface area contributed by atoms with Gasteiger partial charge in [-0.2, -0.15) is 0 Å². The molecule has 1 N–H and O–H groups in total. The van der Waals surface area contributed by atoms with Gasteiger partial charge in [0.1, 0.15) is 0 Å². The average Bonchev–Trinajstić information content (AvgIpc) is 2.86. The summed E-state index contributed by atoms with van der Waals surface area (Å²) < 4.78 is 0. The van der Waals surface area contributed by atoms with Crippen molar-refractivity contribution >= 4 is 0 Å². The van der Waals surface area contributed by atoms with Gasteiger partial charge in [0.05, 0.1) is 0 Å². The maximum absolute atomic E-state index is 3.68. The SMILES string of the molecule is CCC(CC)CNCC1CC2C=CC1C2. The molecule has 86 valence electrons. The standard InChI is InChI=1S/C14H25N/c1-3-11(4-2)9-15-10-14-8-12-5-6-13(14)7-12/h5-6,11-15H,3-4,7-10H2,1-2H3. The van der Waals surface area contributed by atoms with Gasteiger partial charge >= 0.3 is 0 Å². The summed E-state index contributed by atoms with van der Waals surface area (Å²) in [5.41, 5.74) is 0. The van der Waals surface area contributed by atoms with E-state index in [1.165, 1.54) is 38.8 Å². The van der Waals surface area contributed by atoms with Crippen LogP contribution < -0.4 is 5.32 Å². The van der Waals surface area contributed by atoms with E-state index in [4.69, 9.17) is 0 Å². The van der Waals surface area contributed by atoms with Gasteiger partial charge in [0.15, 0.2) is 0 Å². The second kappa shape index (κ2) is 5.16. The van der Waals surface area contributed by atoms with Crippen molar-refractivity contribution in [2.75, 3.05) is 13.1 Å². The summed E-state index contributed by atoms with van der Waals surface area (Å²) in [4.78, 5) is 0. The molecule has 0 radical (unpaired) electrons. The Labute approximate surface area is 94.3 Å². The van der Waals surface area contributed by atoms with Crippen molar-refractivity contribution < 1.29 is 0 Å². The van der Waals surface area contributed by atoms with Crippen LogP contribution in [0.1, 0.15) is 39.5 Å². The normalized spacial score (nSPS) is 33.1. The molecule has 15 heavy (non-hydrogen) atoms. The number of allylic oxidation sites excluding steroid dienone is 2. The van der Waals surface area contributed by atoms with Gasteiger partial charge in [-0.1, -0.05) is 38.8 Å². The van der Waals surface area contributed by atoms with Crippen LogP contribution in [0.3, 0.4) is 0 Å². The quantitative estimate of drug-likeness (QED) is 0.659. The van der Waals surface area contributed by atoms with E-state index < -0.39 is 0 Å². The molecule has 0 amide bonds. The number of rotatable bonds is 6. The first-order valence-corrected chi connectivity index (χ1v) is 6.72. The molecule has 2 bridgehead atoms. The van der Waals surface area contributed by atoms with Crippen LogP contribution in [-0.4, -0.2) is 13.1 Å². The summed E-state index contributed by atoms with van der Waals surface area (Å²) in [6.45, 7) is 7.08. The van der Waals surface area contributed by atoms with E-state index >= 15 is 0 Å². The zero-order valence-electron chi connectivity index (χ0n) is 10.2. The van der Waals surface area contributed by atoms with Crippen LogP contribution in [0, 0.1) is 23.7 Å². The molecule has 2 rings (SSSR count). The molecule has 2 aliphatic carbocycles. The third-order valence-corrected chi connectivity index (χ3v) is 4.41. The second-order valence-corrected chi connectivity index (χ2v) is 5.38. The van der Waals surface area contributed by atoms with Gasteiger partial charge in [0, 0.05) is 0 Å². The van der Waals surface area contributed by atoms with Crippen molar-refractivity contribution in [3.63, 3.8) is 0 Å². The van der Waals surface area contributed by atoms with Crippen LogP contribution in [0.15, 0.2) is 12.2 Å². The van der Waals surface area contributed by atoms with Crippen molar-refractivity contribution in [1.82, 2.24) is 5.32 Å². The number of nitrogens with one attached hydrogen (secondary N) is 1. The molecular formula is C14H25N. The van der Waals surface area contributed by atoms with Crippen LogP contribution in [0.25, 0.3) is 0 Å². The highest BCUT2D eigenvalue weighted by molar-refractivity contribution is 5.10. The molecule has 3 atom stereocenters. The summed E-state index contributed by atoms with van der Waals surface area (Å²) in [7, 11) is 0. The molecule has 0 heterocycles. The first-order valence-electron chi connectivity index (χ1n) is 6.72. The van der Waals surface area contributed by atoms with E-state index in [0.29, 0.717) is 0 Å². The van der Waals surface area contributed by atoms with Gasteiger partial charge in [-0.15, -0.1) is 0 Å². The Morgan fingerprint density at radius 3 is 2.53 bits per heavy atom. The Kier molecular flexibility index (Phi) is 3.85. The first kappa shape index (κ1) is 11.2. The predicted molar refractivity (Wildman–Crippen MR) is 65.8 cm³/mol. The Morgan fingerprint density at radius 1 is 1.20 bits per heavy atom. The molecule has 1 saturated carbocycles. The summed E-state index contributed by atoms with van der Waals surface area (Å²) in [6, 6.07) is 0. The van der Waals surface area contributed by atoms with Crippen molar-refractivity contribution in [2.45, 2.75) is 39.5 Å². The van der Waals surface area contributed by atoms with Gasteiger partial charge in [0.25, 0.3) is 0 Å². The van der Waals surface area contributed by atoms with Gasteiger partial charge in [-0.3, -0.25) is 0 Å². The zero-order chi connectivity index (χ0) is 10.7. The largest absolute Gasteiger partial charge is 0.316 e. The van der Waals surface area contributed by atoms with Gasteiger partial charge in [-0.25, -0.2) is 0 Å². The Hall–Kier alpha value is -0.300. The third-order valence-electron chi connectivity index (χ3n) is 4.41. The van der Waals surface area contributed by atoms with E-state index in [9.17, 15) is 0 Å². The molecule has 1 heteroatoms. The Balaban J connectivity index is 1.64. The van der Waals surface area contributed by atoms with E-state index in [1.54, 1.807) is 0 Å². The molecule has 1 fully saturated rings. The fourth-order valence-electron chi connectivity index (χ4n) is 3.18. The smallest absolute Gasteiger partial charge is 0.00146 e. The highest BCUT2D eigenvalue weighted by atomic mass is 14.9. The summed E-state index contributed by atoms with van der Waals surface area (Å²) in [5, 5.41) is 3.68. The number of hydrogen-bond acceptors (Lipinski definition) is 1. The highest BCUT2D eigenvalue weighted by Gasteiger charge is 2.34. The molecule has 0 saturated heterocycles. The van der Waals surface area contributed by atoms with Crippen molar-refractivity contribution in [1.29, 1.82) is 0 Å². The summed E-state index contributed by atoms with van der Waals surface area (Å²) in [5.74, 6) is 3.66. The number of hydrogen-bond donors (Lipinski definition) is 1. The third kappa shape index (κ3) is 2.63. The lowest BCUT2D eigenvalue weighted by Gasteiger charge is -2.20. The van der Waals surface area contributed by atoms with Gasteiger partial charge in [-0.05, 0) is 49.6 Å². The minimum absolute atomic E-state index is 0.888. The van der Waals surface area contributed by atoms with Crippen LogP contribution in [-0.2, 0) is 0 Å². The molecule has 0 aliphatic heterocycles. The fraction of sp³-hybridized carbons (Fsp3) is 0.857. The summed E-state index contributed by atoms with van der Waals surface area (Å²) >= 11 is 0. The Morgan fingerprint density at radius 2 is 2.00 bits per heavy atom. The van der Waals surface area contributed by atoms with Crippen molar-refractivity contribution in [2.24, 2.45) is 23.7 Å². The molecule has 3 unspecified atom stereocenters. The lowest BCUT2D eigenvalue weighted by Crippen LogP contribution is -2.29. The van der Waals surface area contributed by atoms with Crippen LogP contribution in [0.4, 0.5) is 0 Å². The zero-order valence-corrected chi connectivity index (χ0v) is 10.2. The predicted octanol–water partition coefficient (Wildman–Crippen LogP) is 3.22. The Bertz CT molecular complexity index is 217. The summed E-state index contributed by atoms with van der Waals surface area (Å²) in [6.07, 6.45) is 10.4. The van der Waals surface area contributed by atoms with Crippen molar-refractivity contribution in [3.8, 4) is 0 Å². The molecular weight excluding hydrogens is 182 g/mol. The molecule has 0 spiro atoms. The molecule has 0 aromatic heterocycles. The maximum atomic E-state index is 3.68. The lowest BCUT2D eigenvalue weighted by molar-refractivity contribution is 0.378. The molecule has 2 aliphatic rings. The fourth-order valence-corrected chi connectivity index (χ4v) is 3.18. The number of fused-ring (bicyclic) bond motifs is 2. The van der Waals surface area contributed by atoms with E-state index in [1.807, 2.05) is 0 Å². The van der Waals surface area contributed by atoms with Crippen LogP contribution in [0.5, 0.6) is 0 Å². The van der Waals surface area contributed by atoms with Gasteiger partial charge < -0.3 is 5.32 Å². The highest BCUT2D eigenvalue weighted by Crippen LogP contribution is 2.42. The van der Waals surface area contributed by atoms with Gasteiger partial charge in [0.2, 0.25) is 0 Å². The second-order valence-electron chi connectivity index (χ2n) is 5.38. The maximum Gasteiger partial charge on any atom is -0.00146 e. The van der Waals surface area contributed by atoms with Crippen molar-refractivity contribution in [3.05, 3.63) is 12.2 Å². The van der Waals surface area contributed by atoms with E-state index in [-0.39, 0.29) is 0 Å². The molecule has 0 aromatic rings. The topological polar surface area (TPSA) is 12.0 Å². The molecule has 0 aromatic carbocycles. The monoisotopic (exact) mass is 207 g/mol. The average molecular weight is 207 g/mol. The first-order chi connectivity index (χ1) is 7.33. The van der Waals surface area contributed by atoms with Crippen LogP contribution in [0.2, 0.25) is 0 Å². The van der Waals surface area contributed by atoms with Crippen LogP contribution >= 0.6 is 0 Å². The lowest BCUT2D eigenvalue weighted by atomic mass is 9.93. The molecule has 1 nitrogen and oxygen atoms in total. The minimum Gasteiger partial charge on any atom is -0.316 e. The minimum atomic E-state index is 0.888. The van der Waals surface area contributed by atoms with E-state index in [2.05, 4.69) is 31.3 Å². The van der Waals surface area contributed by atoms with E-state index in [0.717, 1.165) is 23.7 Å².